The van der Waals surface area contributed by atoms with Gasteiger partial charge in [-0.1, -0.05) is 6.07 Å². The Kier molecular flexibility index (Phi) is 3.38. The van der Waals surface area contributed by atoms with Crippen LogP contribution in [0.15, 0.2) is 36.8 Å². The minimum atomic E-state index is -0.117. The average molecular weight is 336 g/mol. The molecule has 0 radical (unpaired) electrons. The molecule has 0 aliphatic carbocycles. The van der Waals surface area contributed by atoms with Crippen molar-refractivity contribution in [2.24, 2.45) is 0 Å². The monoisotopic (exact) mass is 336 g/mol. The fraction of sp³-hybridized carbons (Fsp3) is 0.278. The first kappa shape index (κ1) is 15.4. The second-order valence-electron chi connectivity index (χ2n) is 7.15. The summed E-state index contributed by atoms with van der Waals surface area (Å²) in [6, 6.07) is 5.88. The van der Waals surface area contributed by atoms with Crippen LogP contribution in [0.4, 0.5) is 17.2 Å². The SMILES string of the molecule is CC(C)(C)Nc1c(-c2ccc3c(c2)NCC(=O)N3)nc2cnccn12. The number of nitrogens with zero attached hydrogens (tertiary/aromatic N) is 3. The topological polar surface area (TPSA) is 83.3 Å². The smallest absolute Gasteiger partial charge is 0.243 e. The predicted octanol–water partition coefficient (Wildman–Crippen LogP) is 2.97. The molecule has 2 aromatic heterocycles. The number of hydrogen-bond donors (Lipinski definition) is 3. The van der Waals surface area contributed by atoms with Crippen molar-refractivity contribution in [1.29, 1.82) is 0 Å². The molecule has 0 saturated carbocycles. The van der Waals surface area contributed by atoms with Crippen LogP contribution in [0.25, 0.3) is 16.9 Å². The standard InChI is InChI=1S/C18H20N6O/c1-18(2,3)23-17-16(22-14-9-19-6-7-24(14)17)11-4-5-12-13(8-11)20-10-15(25)21-12/h4-9,20,23H,10H2,1-3H3,(H,21,25). The van der Waals surface area contributed by atoms with Crippen LogP contribution in [0.5, 0.6) is 0 Å². The largest absolute Gasteiger partial charge is 0.374 e. The molecular weight excluding hydrogens is 316 g/mol. The van der Waals surface area contributed by atoms with Crippen molar-refractivity contribution < 1.29 is 4.79 Å². The second-order valence-corrected chi connectivity index (χ2v) is 7.15. The third-order valence-corrected chi connectivity index (χ3v) is 3.93. The first-order valence-corrected chi connectivity index (χ1v) is 8.19. The number of carbonyl (C=O) groups excluding carboxylic acids is 1. The van der Waals surface area contributed by atoms with Crippen molar-refractivity contribution in [1.82, 2.24) is 14.4 Å². The molecule has 3 heterocycles. The molecule has 0 saturated heterocycles. The zero-order valence-electron chi connectivity index (χ0n) is 14.4. The van der Waals surface area contributed by atoms with Crippen LogP contribution in [-0.4, -0.2) is 32.4 Å². The van der Waals surface area contributed by atoms with E-state index < -0.39 is 0 Å². The Morgan fingerprint density at radius 1 is 1.24 bits per heavy atom. The molecule has 25 heavy (non-hydrogen) atoms. The van der Waals surface area contributed by atoms with Crippen LogP contribution in [0, 0.1) is 0 Å². The van der Waals surface area contributed by atoms with Gasteiger partial charge in [-0.05, 0) is 32.9 Å². The van der Waals surface area contributed by atoms with Crippen molar-refractivity contribution >= 4 is 28.7 Å². The van der Waals surface area contributed by atoms with Gasteiger partial charge in [0.2, 0.25) is 5.91 Å². The van der Waals surface area contributed by atoms with Gasteiger partial charge in [-0.15, -0.1) is 0 Å². The van der Waals surface area contributed by atoms with Crippen molar-refractivity contribution in [3.63, 3.8) is 0 Å². The fourth-order valence-corrected chi connectivity index (χ4v) is 2.90. The molecule has 1 aromatic carbocycles. The Balaban J connectivity index is 1.86. The summed E-state index contributed by atoms with van der Waals surface area (Å²) in [5.41, 5.74) is 4.17. The molecule has 7 heteroatoms. The van der Waals surface area contributed by atoms with Crippen LogP contribution in [-0.2, 0) is 4.79 Å². The lowest BCUT2D eigenvalue weighted by Crippen LogP contribution is -2.27. The fourth-order valence-electron chi connectivity index (χ4n) is 2.90. The summed E-state index contributed by atoms with van der Waals surface area (Å²) in [5, 5.41) is 9.55. The van der Waals surface area contributed by atoms with Crippen molar-refractivity contribution in [3.05, 3.63) is 36.8 Å². The number of fused-ring (bicyclic) bond motifs is 2. The minimum absolute atomic E-state index is 0.0332. The van der Waals surface area contributed by atoms with Gasteiger partial charge >= 0.3 is 0 Å². The number of anilines is 3. The maximum Gasteiger partial charge on any atom is 0.243 e. The number of imidazole rings is 1. The van der Waals surface area contributed by atoms with Crippen LogP contribution in [0.2, 0.25) is 0 Å². The Morgan fingerprint density at radius 2 is 2.08 bits per heavy atom. The molecule has 0 fully saturated rings. The zero-order valence-corrected chi connectivity index (χ0v) is 14.4. The third kappa shape index (κ3) is 2.88. The van der Waals surface area contributed by atoms with E-state index in [2.05, 4.69) is 41.7 Å². The van der Waals surface area contributed by atoms with Crippen LogP contribution in [0.1, 0.15) is 20.8 Å². The van der Waals surface area contributed by atoms with E-state index in [1.807, 2.05) is 28.8 Å². The normalized spacial score (nSPS) is 14.0. The highest BCUT2D eigenvalue weighted by atomic mass is 16.2. The van der Waals surface area contributed by atoms with Gasteiger partial charge in [0.1, 0.15) is 11.5 Å². The summed E-state index contributed by atoms with van der Waals surface area (Å²) < 4.78 is 2.00. The zero-order chi connectivity index (χ0) is 17.6. The van der Waals surface area contributed by atoms with Crippen LogP contribution in [0.3, 0.4) is 0 Å². The second kappa shape index (κ2) is 5.47. The van der Waals surface area contributed by atoms with Gasteiger partial charge in [0.15, 0.2) is 5.65 Å². The van der Waals surface area contributed by atoms with E-state index in [0.29, 0.717) is 0 Å². The van der Waals surface area contributed by atoms with E-state index in [-0.39, 0.29) is 18.0 Å². The highest BCUT2D eigenvalue weighted by Crippen LogP contribution is 2.35. The highest BCUT2D eigenvalue weighted by Gasteiger charge is 2.21. The first-order valence-electron chi connectivity index (χ1n) is 8.19. The Morgan fingerprint density at radius 3 is 2.88 bits per heavy atom. The summed E-state index contributed by atoms with van der Waals surface area (Å²) >= 11 is 0. The van der Waals surface area contributed by atoms with Gasteiger partial charge in [0, 0.05) is 23.5 Å². The molecule has 0 bridgehead atoms. The van der Waals surface area contributed by atoms with Gasteiger partial charge in [0.25, 0.3) is 0 Å². The molecule has 128 valence electrons. The van der Waals surface area contributed by atoms with Crippen molar-refractivity contribution in [2.45, 2.75) is 26.3 Å². The molecule has 4 rings (SSSR count). The van der Waals surface area contributed by atoms with E-state index in [1.165, 1.54) is 0 Å². The van der Waals surface area contributed by atoms with E-state index in [9.17, 15) is 4.79 Å². The quantitative estimate of drug-likeness (QED) is 0.670. The molecule has 1 aliphatic heterocycles. The Hall–Kier alpha value is -3.09. The number of rotatable bonds is 2. The molecule has 1 amide bonds. The van der Waals surface area contributed by atoms with E-state index in [4.69, 9.17) is 4.98 Å². The number of benzene rings is 1. The molecule has 3 N–H and O–H groups in total. The lowest BCUT2D eigenvalue weighted by molar-refractivity contribution is -0.114. The molecule has 1 aliphatic rings. The van der Waals surface area contributed by atoms with E-state index in [0.717, 1.165) is 34.1 Å². The molecule has 0 unspecified atom stereocenters. The summed E-state index contributed by atoms with van der Waals surface area (Å²) in [6.07, 6.45) is 5.39. The molecule has 7 nitrogen and oxygen atoms in total. The van der Waals surface area contributed by atoms with Crippen LogP contribution >= 0.6 is 0 Å². The lowest BCUT2D eigenvalue weighted by atomic mass is 10.1. The van der Waals surface area contributed by atoms with Gasteiger partial charge in [-0.2, -0.15) is 0 Å². The van der Waals surface area contributed by atoms with Gasteiger partial charge in [-0.3, -0.25) is 14.2 Å². The van der Waals surface area contributed by atoms with Gasteiger partial charge in [-0.25, -0.2) is 4.98 Å². The van der Waals surface area contributed by atoms with Gasteiger partial charge in [0.05, 0.1) is 24.1 Å². The summed E-state index contributed by atoms with van der Waals surface area (Å²) in [4.78, 5) is 20.4. The minimum Gasteiger partial charge on any atom is -0.374 e. The number of carbonyl (C=O) groups is 1. The Bertz CT molecular complexity index is 969. The third-order valence-electron chi connectivity index (χ3n) is 3.93. The maximum absolute atomic E-state index is 11.5. The summed E-state index contributed by atoms with van der Waals surface area (Å²) in [6.45, 7) is 6.61. The first-order chi connectivity index (χ1) is 11.9. The van der Waals surface area contributed by atoms with Crippen molar-refractivity contribution in [2.75, 3.05) is 22.5 Å². The lowest BCUT2D eigenvalue weighted by Gasteiger charge is -2.23. The summed E-state index contributed by atoms with van der Waals surface area (Å²) in [5.74, 6) is 0.888. The molecule has 0 spiro atoms. The molecular formula is C18H20N6O. The molecule has 0 atom stereocenters. The number of nitrogens with one attached hydrogen (secondary N) is 3. The molecule has 3 aromatic rings. The number of amides is 1. The Labute approximate surface area is 145 Å². The number of aromatic nitrogens is 3. The van der Waals surface area contributed by atoms with Gasteiger partial charge < -0.3 is 16.0 Å². The predicted molar refractivity (Wildman–Crippen MR) is 98.9 cm³/mol. The average Bonchev–Trinajstić information content (AvgIpc) is 2.91. The van der Waals surface area contributed by atoms with Crippen LogP contribution < -0.4 is 16.0 Å². The maximum atomic E-state index is 11.5. The van der Waals surface area contributed by atoms with E-state index >= 15 is 0 Å². The summed E-state index contributed by atoms with van der Waals surface area (Å²) in [7, 11) is 0. The van der Waals surface area contributed by atoms with E-state index in [1.54, 1.807) is 12.4 Å². The number of hydrogen-bond acceptors (Lipinski definition) is 5. The highest BCUT2D eigenvalue weighted by molar-refractivity contribution is 6.01. The van der Waals surface area contributed by atoms with Crippen molar-refractivity contribution in [3.8, 4) is 11.3 Å².